The van der Waals surface area contributed by atoms with E-state index in [-0.39, 0.29) is 0 Å². The van der Waals surface area contributed by atoms with Gasteiger partial charge in [-0.05, 0) is 45.1 Å². The smallest absolute Gasteiger partial charge is 0.132 e. The van der Waals surface area contributed by atoms with Gasteiger partial charge in [-0.2, -0.15) is 0 Å². The van der Waals surface area contributed by atoms with Crippen LogP contribution in [0.25, 0.3) is 0 Å². The zero-order valence-electron chi connectivity index (χ0n) is 11.1. The fraction of sp³-hybridized carbons (Fsp3) is 0.714. The summed E-state index contributed by atoms with van der Waals surface area (Å²) in [5.41, 5.74) is 0. The Hall–Kier alpha value is -1.16. The molecule has 0 spiro atoms. The van der Waals surface area contributed by atoms with Crippen LogP contribution in [-0.2, 0) is 0 Å². The van der Waals surface area contributed by atoms with Crippen LogP contribution in [0.4, 0.5) is 5.82 Å². The Balaban J connectivity index is 1.69. The van der Waals surface area contributed by atoms with E-state index < -0.39 is 0 Å². The highest BCUT2D eigenvalue weighted by Crippen LogP contribution is 2.24. The molecule has 1 aromatic heterocycles. The lowest BCUT2D eigenvalue weighted by atomic mass is 10.0. The first-order valence-electron chi connectivity index (χ1n) is 7.12. The van der Waals surface area contributed by atoms with Crippen molar-refractivity contribution in [3.8, 4) is 0 Å². The molecule has 0 radical (unpaired) electrons. The monoisotopic (exact) mass is 246 g/mol. The van der Waals surface area contributed by atoms with Crippen LogP contribution in [0, 0.1) is 6.92 Å². The summed E-state index contributed by atoms with van der Waals surface area (Å²) in [6.45, 7) is 4.20. The zero-order chi connectivity index (χ0) is 12.4. The molecule has 4 heteroatoms. The molecular formula is C14H22N4. The minimum atomic E-state index is 0.605. The molecule has 0 aromatic carbocycles. The molecule has 1 aliphatic heterocycles. The molecule has 1 atom stereocenters. The maximum absolute atomic E-state index is 4.58. The van der Waals surface area contributed by atoms with E-state index in [1.54, 1.807) is 0 Å². The number of nitrogens with one attached hydrogen (secondary N) is 1. The van der Waals surface area contributed by atoms with Gasteiger partial charge in [0.2, 0.25) is 0 Å². The van der Waals surface area contributed by atoms with Crippen molar-refractivity contribution in [3.05, 3.63) is 18.1 Å². The normalized spacial score (nSPS) is 24.3. The molecule has 1 aromatic rings. The van der Waals surface area contributed by atoms with Gasteiger partial charge in [0.1, 0.15) is 11.6 Å². The number of rotatable bonds is 4. The summed E-state index contributed by atoms with van der Waals surface area (Å²) in [4.78, 5) is 11.2. The van der Waals surface area contributed by atoms with Crippen molar-refractivity contribution in [2.75, 3.05) is 18.0 Å². The molecule has 1 saturated heterocycles. The molecule has 0 bridgehead atoms. The highest BCUT2D eigenvalue weighted by atomic mass is 15.2. The average Bonchev–Trinajstić information content (AvgIpc) is 3.21. The number of hydrogen-bond donors (Lipinski definition) is 1. The van der Waals surface area contributed by atoms with E-state index in [9.17, 15) is 0 Å². The van der Waals surface area contributed by atoms with Crippen LogP contribution in [0.2, 0.25) is 0 Å². The Bertz CT molecular complexity index is 403. The molecule has 1 N–H and O–H groups in total. The Morgan fingerprint density at radius 3 is 3.00 bits per heavy atom. The van der Waals surface area contributed by atoms with Gasteiger partial charge in [0, 0.05) is 31.4 Å². The van der Waals surface area contributed by atoms with E-state index in [4.69, 9.17) is 0 Å². The Kier molecular flexibility index (Phi) is 3.46. The van der Waals surface area contributed by atoms with E-state index in [0.29, 0.717) is 6.04 Å². The van der Waals surface area contributed by atoms with E-state index in [1.165, 1.54) is 32.1 Å². The second kappa shape index (κ2) is 5.22. The third-order valence-electron chi connectivity index (χ3n) is 3.90. The molecule has 2 aliphatic rings. The van der Waals surface area contributed by atoms with Crippen LogP contribution in [-0.4, -0.2) is 35.1 Å². The van der Waals surface area contributed by atoms with Crippen molar-refractivity contribution in [1.29, 1.82) is 0 Å². The summed E-state index contributed by atoms with van der Waals surface area (Å²) in [6, 6.07) is 3.44. The zero-order valence-corrected chi connectivity index (χ0v) is 11.1. The molecule has 1 saturated carbocycles. The van der Waals surface area contributed by atoms with Gasteiger partial charge >= 0.3 is 0 Å². The summed E-state index contributed by atoms with van der Waals surface area (Å²) in [5.74, 6) is 1.97. The minimum Gasteiger partial charge on any atom is -0.352 e. The van der Waals surface area contributed by atoms with Crippen molar-refractivity contribution in [3.63, 3.8) is 0 Å². The lowest BCUT2D eigenvalue weighted by molar-refractivity contribution is 0.431. The van der Waals surface area contributed by atoms with Gasteiger partial charge < -0.3 is 10.2 Å². The highest BCUT2D eigenvalue weighted by Gasteiger charge is 2.27. The second-order valence-electron chi connectivity index (χ2n) is 5.49. The van der Waals surface area contributed by atoms with Gasteiger partial charge in [-0.15, -0.1) is 0 Å². The fourth-order valence-corrected chi connectivity index (χ4v) is 2.71. The van der Waals surface area contributed by atoms with Crippen molar-refractivity contribution in [2.24, 2.45) is 0 Å². The predicted octanol–water partition coefficient (Wildman–Crippen LogP) is 1.90. The van der Waals surface area contributed by atoms with Crippen molar-refractivity contribution in [2.45, 2.75) is 51.1 Å². The Morgan fingerprint density at radius 2 is 2.22 bits per heavy atom. The topological polar surface area (TPSA) is 41.1 Å². The molecule has 2 heterocycles. The van der Waals surface area contributed by atoms with Gasteiger partial charge in [0.15, 0.2) is 0 Å². The van der Waals surface area contributed by atoms with E-state index in [0.717, 1.165) is 30.8 Å². The molecule has 98 valence electrons. The molecule has 3 rings (SSSR count). The van der Waals surface area contributed by atoms with Gasteiger partial charge in [0.25, 0.3) is 0 Å². The Morgan fingerprint density at radius 1 is 1.33 bits per heavy atom. The fourth-order valence-electron chi connectivity index (χ4n) is 2.71. The maximum Gasteiger partial charge on any atom is 0.132 e. The van der Waals surface area contributed by atoms with Gasteiger partial charge in [-0.25, -0.2) is 9.97 Å². The largest absolute Gasteiger partial charge is 0.352 e. The third kappa shape index (κ3) is 2.80. The number of piperidine rings is 1. The number of hydrogen-bond acceptors (Lipinski definition) is 4. The average molecular weight is 246 g/mol. The minimum absolute atomic E-state index is 0.605. The summed E-state index contributed by atoms with van der Waals surface area (Å²) in [6.07, 6.45) is 8.50. The lowest BCUT2D eigenvalue weighted by Crippen LogP contribution is -2.46. The molecule has 2 fully saturated rings. The summed E-state index contributed by atoms with van der Waals surface area (Å²) in [7, 11) is 0. The van der Waals surface area contributed by atoms with Gasteiger partial charge in [-0.1, -0.05) is 0 Å². The van der Waals surface area contributed by atoms with Crippen molar-refractivity contribution in [1.82, 2.24) is 15.3 Å². The first kappa shape index (κ1) is 11.9. The first-order chi connectivity index (χ1) is 8.83. The van der Waals surface area contributed by atoms with Crippen LogP contribution >= 0.6 is 0 Å². The Labute approximate surface area is 109 Å². The molecule has 1 unspecified atom stereocenters. The van der Waals surface area contributed by atoms with Crippen LogP contribution in [0.3, 0.4) is 0 Å². The summed E-state index contributed by atoms with van der Waals surface area (Å²) >= 11 is 0. The van der Waals surface area contributed by atoms with Crippen LogP contribution in [0.1, 0.15) is 37.9 Å². The third-order valence-corrected chi connectivity index (χ3v) is 3.90. The van der Waals surface area contributed by atoms with Crippen molar-refractivity contribution >= 4 is 5.82 Å². The molecular weight excluding hydrogens is 224 g/mol. The SMILES string of the molecule is Cc1nccc(N2CCCCC2CNC2CC2)n1. The molecule has 4 nitrogen and oxygen atoms in total. The quantitative estimate of drug-likeness (QED) is 0.881. The molecule has 0 amide bonds. The lowest BCUT2D eigenvalue weighted by Gasteiger charge is -2.37. The van der Waals surface area contributed by atoms with Crippen LogP contribution < -0.4 is 10.2 Å². The standard InChI is InChI=1S/C14H22N4/c1-11-15-8-7-14(17-11)18-9-3-2-4-13(18)10-16-12-5-6-12/h7-8,12-13,16H,2-6,9-10H2,1H3. The number of aryl methyl sites for hydroxylation is 1. The van der Waals surface area contributed by atoms with Crippen molar-refractivity contribution < 1.29 is 0 Å². The number of aromatic nitrogens is 2. The van der Waals surface area contributed by atoms with E-state index in [1.807, 2.05) is 19.2 Å². The number of anilines is 1. The van der Waals surface area contributed by atoms with Crippen LogP contribution in [0.15, 0.2) is 12.3 Å². The highest BCUT2D eigenvalue weighted by molar-refractivity contribution is 5.39. The predicted molar refractivity (Wildman–Crippen MR) is 72.8 cm³/mol. The van der Waals surface area contributed by atoms with Gasteiger partial charge in [-0.3, -0.25) is 0 Å². The summed E-state index contributed by atoms with van der Waals surface area (Å²) < 4.78 is 0. The van der Waals surface area contributed by atoms with E-state index >= 15 is 0 Å². The molecule has 18 heavy (non-hydrogen) atoms. The first-order valence-corrected chi connectivity index (χ1v) is 7.12. The molecule has 1 aliphatic carbocycles. The maximum atomic E-state index is 4.58. The van der Waals surface area contributed by atoms with E-state index in [2.05, 4.69) is 20.2 Å². The van der Waals surface area contributed by atoms with Crippen LogP contribution in [0.5, 0.6) is 0 Å². The second-order valence-corrected chi connectivity index (χ2v) is 5.49. The van der Waals surface area contributed by atoms with Gasteiger partial charge in [0.05, 0.1) is 0 Å². The summed E-state index contributed by atoms with van der Waals surface area (Å²) in [5, 5.41) is 3.66. The number of nitrogens with zero attached hydrogens (tertiary/aromatic N) is 3.